The van der Waals surface area contributed by atoms with E-state index in [1.165, 1.54) is 33.2 Å². The summed E-state index contributed by atoms with van der Waals surface area (Å²) in [4.78, 5) is 0. The van der Waals surface area contributed by atoms with Gasteiger partial charge in [-0.15, -0.1) is 21.9 Å². The molecule has 4 nitrogen and oxygen atoms in total. The Hall–Kier alpha value is -5.09. The number of rotatable bonds is 4. The van der Waals surface area contributed by atoms with Gasteiger partial charge >= 0.3 is 12.8 Å². The van der Waals surface area contributed by atoms with E-state index in [1.54, 1.807) is 0 Å². The van der Waals surface area contributed by atoms with E-state index in [0.29, 0.717) is 0 Å². The number of nitrogens with zero attached hydrogens (tertiary/aromatic N) is 4. The first-order chi connectivity index (χ1) is 19.8. The summed E-state index contributed by atoms with van der Waals surface area (Å²) in [5, 5.41) is 0. The third kappa shape index (κ3) is 2.93. The quantitative estimate of drug-likeness (QED) is 0.322. The molecule has 190 valence electrons. The molecular formula is C34H28B2N4. The number of hydrazine groups is 1. The van der Waals surface area contributed by atoms with Gasteiger partial charge in [0.1, 0.15) is 0 Å². The van der Waals surface area contributed by atoms with E-state index in [0.717, 1.165) is 0 Å². The second-order valence-corrected chi connectivity index (χ2v) is 10.9. The maximum absolute atomic E-state index is 2.53. The lowest BCUT2D eigenvalue weighted by Gasteiger charge is -2.48. The Morgan fingerprint density at radius 3 is 0.950 bits per heavy atom. The summed E-state index contributed by atoms with van der Waals surface area (Å²) in [6.45, 7) is 0. The molecule has 0 radical (unpaired) electrons. The Kier molecular flexibility index (Phi) is 4.98. The van der Waals surface area contributed by atoms with Crippen molar-refractivity contribution in [2.24, 2.45) is 0 Å². The topological polar surface area (TPSA) is 15.9 Å². The molecule has 0 fully saturated rings. The van der Waals surface area contributed by atoms with Crippen molar-refractivity contribution in [3.8, 4) is 0 Å². The largest absolute Gasteiger partial charge is 0.488 e. The summed E-state index contributed by atoms with van der Waals surface area (Å²) in [6.07, 6.45) is 5.84. The highest BCUT2D eigenvalue weighted by Gasteiger charge is 2.60. The molecule has 2 aliphatic rings. The van der Waals surface area contributed by atoms with Crippen LogP contribution in [0.15, 0.2) is 158 Å². The van der Waals surface area contributed by atoms with Crippen LogP contribution in [0.25, 0.3) is 0 Å². The molecule has 0 amide bonds. The van der Waals surface area contributed by atoms with Crippen LogP contribution < -0.4 is 21.9 Å². The molecule has 6 aromatic rings. The summed E-state index contributed by atoms with van der Waals surface area (Å²) in [7, 11) is 0. The molecule has 4 heterocycles. The van der Waals surface area contributed by atoms with E-state index in [4.69, 9.17) is 0 Å². The molecule has 2 aromatic heterocycles. The summed E-state index contributed by atoms with van der Waals surface area (Å²) >= 11 is 0. The van der Waals surface area contributed by atoms with Gasteiger partial charge in [-0.05, 0) is 36.7 Å². The van der Waals surface area contributed by atoms with Crippen LogP contribution in [0.5, 0.6) is 0 Å². The maximum Gasteiger partial charge on any atom is 0.488 e. The SMILES string of the molecule is C1=[N+]2[N+](=Cc3cccn3[B-]2(c2ccccc2)c2ccccc2)[B-](c2ccccc2)(c2ccccc2)n2cccc21. The zero-order valence-corrected chi connectivity index (χ0v) is 22.1. The number of benzene rings is 4. The fraction of sp³-hybridized carbons (Fsp3) is 0. The monoisotopic (exact) mass is 514 g/mol. The van der Waals surface area contributed by atoms with E-state index in [1.807, 2.05) is 0 Å². The molecule has 40 heavy (non-hydrogen) atoms. The number of aromatic nitrogens is 2. The molecule has 6 heteroatoms. The molecule has 0 saturated heterocycles. The van der Waals surface area contributed by atoms with Gasteiger partial charge in [0.05, 0.1) is 11.4 Å². The van der Waals surface area contributed by atoms with Gasteiger partial charge in [0.2, 0.25) is 0 Å². The predicted molar refractivity (Wildman–Crippen MR) is 166 cm³/mol. The van der Waals surface area contributed by atoms with E-state index < -0.39 is 12.8 Å². The third-order valence-corrected chi connectivity index (χ3v) is 9.05. The van der Waals surface area contributed by atoms with Gasteiger partial charge < -0.3 is 8.96 Å². The van der Waals surface area contributed by atoms with Crippen molar-refractivity contribution in [2.75, 3.05) is 0 Å². The lowest BCUT2D eigenvalue weighted by molar-refractivity contribution is -0.996. The standard InChI is InChI=1S/C34H28B2N4/c1-5-15-29(16-6-1)35(30-17-7-2-8-18-30)37-25-13-23-33(37)28-40-36(31-19-9-3-10-20-31,32-21-11-4-12-22-32)38-26-14-24-34(38)27-39(35)40/h1-28H. The van der Waals surface area contributed by atoms with Gasteiger partial charge in [0, 0.05) is 0 Å². The first kappa shape index (κ1) is 22.9. The highest BCUT2D eigenvalue weighted by molar-refractivity contribution is 6.98. The van der Waals surface area contributed by atoms with Crippen molar-refractivity contribution in [2.45, 2.75) is 0 Å². The first-order valence-corrected chi connectivity index (χ1v) is 14.0. The zero-order valence-electron chi connectivity index (χ0n) is 22.1. The highest BCUT2D eigenvalue weighted by Crippen LogP contribution is 2.26. The van der Waals surface area contributed by atoms with Crippen LogP contribution in [0.1, 0.15) is 11.4 Å². The van der Waals surface area contributed by atoms with Crippen molar-refractivity contribution < 1.29 is 9.19 Å². The molecular weight excluding hydrogens is 486 g/mol. The van der Waals surface area contributed by atoms with Crippen LogP contribution in [0.4, 0.5) is 0 Å². The van der Waals surface area contributed by atoms with Gasteiger partial charge in [-0.2, -0.15) is 0 Å². The summed E-state index contributed by atoms with van der Waals surface area (Å²) < 4.78 is 10.0. The van der Waals surface area contributed by atoms with Gasteiger partial charge in [-0.1, -0.05) is 121 Å². The zero-order chi connectivity index (χ0) is 26.6. The van der Waals surface area contributed by atoms with Crippen molar-refractivity contribution in [3.63, 3.8) is 0 Å². The number of hydrogen-bond donors (Lipinski definition) is 0. The summed E-state index contributed by atoms with van der Waals surface area (Å²) in [5.74, 6) is 0. The van der Waals surface area contributed by atoms with Crippen LogP contribution in [0.3, 0.4) is 0 Å². The first-order valence-electron chi connectivity index (χ1n) is 14.0. The van der Waals surface area contributed by atoms with Gasteiger partial charge in [-0.25, -0.2) is 9.19 Å². The molecule has 0 unspecified atom stereocenters. The second-order valence-electron chi connectivity index (χ2n) is 10.9. The average molecular weight is 514 g/mol. The van der Waals surface area contributed by atoms with Crippen molar-refractivity contribution in [1.29, 1.82) is 0 Å². The van der Waals surface area contributed by atoms with Crippen LogP contribution in [0, 0.1) is 0 Å². The maximum atomic E-state index is 2.53. The normalized spacial score (nSPS) is 16.2. The molecule has 4 aromatic carbocycles. The third-order valence-electron chi connectivity index (χ3n) is 9.05. The van der Waals surface area contributed by atoms with E-state index in [2.05, 4.69) is 189 Å². The Balaban J connectivity index is 1.58. The minimum atomic E-state index is -1.66. The Morgan fingerprint density at radius 2 is 0.650 bits per heavy atom. The minimum absolute atomic E-state index is 1.17. The summed E-state index contributed by atoms with van der Waals surface area (Å²) in [6, 6.07) is 52.8. The van der Waals surface area contributed by atoms with Crippen LogP contribution in [-0.4, -0.2) is 43.4 Å². The Bertz CT molecular complexity index is 1670. The minimum Gasteiger partial charge on any atom is -0.445 e. The smallest absolute Gasteiger partial charge is 0.445 e. The van der Waals surface area contributed by atoms with Gasteiger partial charge in [-0.3, -0.25) is 0 Å². The van der Waals surface area contributed by atoms with Crippen molar-refractivity contribution in [1.82, 2.24) is 8.96 Å². The lowest BCUT2D eigenvalue weighted by Crippen LogP contribution is -2.84. The molecule has 0 N–H and O–H groups in total. The second kappa shape index (κ2) is 8.72. The molecule has 0 spiro atoms. The number of fused-ring (bicyclic) bond motifs is 3. The van der Waals surface area contributed by atoms with Gasteiger partial charge in [0.15, 0.2) is 12.4 Å². The van der Waals surface area contributed by atoms with Crippen LogP contribution in [0.2, 0.25) is 0 Å². The number of hydrogen-bond acceptors (Lipinski definition) is 0. The molecule has 0 atom stereocenters. The molecule has 0 saturated carbocycles. The highest BCUT2D eigenvalue weighted by atomic mass is 15.5. The molecule has 0 bridgehead atoms. The molecule has 8 rings (SSSR count). The van der Waals surface area contributed by atoms with E-state index in [9.17, 15) is 0 Å². The van der Waals surface area contributed by atoms with Crippen molar-refractivity contribution >= 4 is 47.1 Å². The van der Waals surface area contributed by atoms with Crippen LogP contribution in [-0.2, 0) is 0 Å². The predicted octanol–water partition coefficient (Wildman–Crippen LogP) is 3.00. The van der Waals surface area contributed by atoms with Crippen molar-refractivity contribution in [3.05, 3.63) is 169 Å². The van der Waals surface area contributed by atoms with Gasteiger partial charge in [0.25, 0.3) is 0 Å². The van der Waals surface area contributed by atoms with Crippen LogP contribution >= 0.6 is 0 Å². The number of hydrazone groups is 2. The lowest BCUT2D eigenvalue weighted by atomic mass is 9.33. The fourth-order valence-electron chi connectivity index (χ4n) is 7.50. The molecule has 0 aliphatic carbocycles. The van der Waals surface area contributed by atoms with E-state index in [-0.39, 0.29) is 0 Å². The Morgan fingerprint density at radius 1 is 0.350 bits per heavy atom. The van der Waals surface area contributed by atoms with E-state index >= 15 is 0 Å². The fourth-order valence-corrected chi connectivity index (χ4v) is 7.50. The Labute approximate surface area is 234 Å². The molecule has 2 aliphatic heterocycles. The summed E-state index contributed by atoms with van der Waals surface area (Å²) in [5.41, 5.74) is 7.37. The average Bonchev–Trinajstić information content (AvgIpc) is 3.71.